The van der Waals surface area contributed by atoms with E-state index in [1.165, 1.54) is 10.5 Å². The molecule has 0 spiro atoms. The number of carbonyl (C=O) groups excluding carboxylic acids is 2. The fraction of sp³-hybridized carbons (Fsp3) is 0.273. The lowest BCUT2D eigenvalue weighted by atomic mass is 10.1. The van der Waals surface area contributed by atoms with Crippen molar-refractivity contribution >= 4 is 29.5 Å². The monoisotopic (exact) mass is 436 g/mol. The number of benzene rings is 2. The summed E-state index contributed by atoms with van der Waals surface area (Å²) >= 11 is 6.42. The van der Waals surface area contributed by atoms with Crippen LogP contribution in [-0.2, 0) is 11.2 Å². The van der Waals surface area contributed by atoms with Crippen molar-refractivity contribution < 1.29 is 9.59 Å². The molecule has 1 N–H and O–H groups in total. The largest absolute Gasteiger partial charge is 0.325 e. The predicted molar refractivity (Wildman–Crippen MR) is 117 cm³/mol. The van der Waals surface area contributed by atoms with Gasteiger partial charge in [0, 0.05) is 19.2 Å². The molecule has 1 saturated heterocycles. The standard InChI is InChI=1S/C22H21ClN6O2/c1-27-20-17(19(30)24-22(27)31)28(13-7-10-14-8-3-2-4-9-14)21-26-25-18(29(20)21)15-11-5-6-12-16(15)23/h2-6,8-9,11-12,17,20H,7,10,13H2,1H3,(H,24,30,31). The number of aryl methyl sites for hydroxylation is 1. The molecule has 5 rings (SSSR count). The number of nitrogens with zero attached hydrogens (tertiary/aromatic N) is 5. The normalized spacial score (nSPS) is 19.9. The van der Waals surface area contributed by atoms with Gasteiger partial charge in [0.25, 0.3) is 5.91 Å². The van der Waals surface area contributed by atoms with E-state index in [-0.39, 0.29) is 5.91 Å². The number of fused-ring (bicyclic) bond motifs is 3. The molecule has 3 amide bonds. The lowest BCUT2D eigenvalue weighted by Gasteiger charge is -2.37. The van der Waals surface area contributed by atoms with E-state index in [1.807, 2.05) is 45.9 Å². The molecule has 0 bridgehead atoms. The molecule has 2 aliphatic rings. The van der Waals surface area contributed by atoms with E-state index in [0.29, 0.717) is 28.9 Å². The molecule has 158 valence electrons. The number of aromatic nitrogens is 3. The summed E-state index contributed by atoms with van der Waals surface area (Å²) < 4.78 is 1.85. The maximum atomic E-state index is 12.9. The molecule has 2 unspecified atom stereocenters. The Morgan fingerprint density at radius 3 is 2.55 bits per heavy atom. The highest BCUT2D eigenvalue weighted by atomic mass is 35.5. The van der Waals surface area contributed by atoms with Crippen molar-refractivity contribution in [1.29, 1.82) is 0 Å². The topological polar surface area (TPSA) is 83.4 Å². The number of likely N-dealkylation sites (N-methyl/N-ethyl adjacent to an activating group) is 1. The molecule has 2 aliphatic heterocycles. The maximum Gasteiger partial charge on any atom is 0.325 e. The molecule has 9 heteroatoms. The highest BCUT2D eigenvalue weighted by Gasteiger charge is 2.52. The molecular weight excluding hydrogens is 416 g/mol. The SMILES string of the molecule is CN1C(=O)NC(=O)C2C1n1c(-c3ccccc3Cl)nnc1N2CCCc1ccccc1. The Bertz CT molecular complexity index is 1150. The number of hydrogen-bond acceptors (Lipinski definition) is 5. The van der Waals surface area contributed by atoms with Gasteiger partial charge in [0.1, 0.15) is 6.17 Å². The van der Waals surface area contributed by atoms with Crippen molar-refractivity contribution in [2.75, 3.05) is 18.5 Å². The zero-order valence-electron chi connectivity index (χ0n) is 16.9. The number of imide groups is 1. The zero-order valence-corrected chi connectivity index (χ0v) is 17.7. The Morgan fingerprint density at radius 1 is 1.03 bits per heavy atom. The second-order valence-corrected chi connectivity index (χ2v) is 8.13. The van der Waals surface area contributed by atoms with Gasteiger partial charge in [0.15, 0.2) is 11.9 Å². The lowest BCUT2D eigenvalue weighted by molar-refractivity contribution is -0.124. The third kappa shape index (κ3) is 3.23. The fourth-order valence-corrected chi connectivity index (χ4v) is 4.58. The third-order valence-electron chi connectivity index (χ3n) is 5.86. The number of rotatable bonds is 5. The first-order chi connectivity index (χ1) is 15.1. The number of hydrogen-bond donors (Lipinski definition) is 1. The molecule has 2 atom stereocenters. The number of carbonyl (C=O) groups is 2. The Kier molecular flexibility index (Phi) is 4.86. The molecular formula is C22H21ClN6O2. The van der Waals surface area contributed by atoms with E-state index in [0.717, 1.165) is 12.8 Å². The van der Waals surface area contributed by atoms with E-state index in [4.69, 9.17) is 11.6 Å². The Balaban J connectivity index is 1.52. The van der Waals surface area contributed by atoms with Crippen molar-refractivity contribution in [2.45, 2.75) is 25.0 Å². The first kappa shape index (κ1) is 19.6. The van der Waals surface area contributed by atoms with Crippen molar-refractivity contribution in [3.63, 3.8) is 0 Å². The van der Waals surface area contributed by atoms with Gasteiger partial charge in [-0.25, -0.2) is 4.79 Å². The van der Waals surface area contributed by atoms with Crippen LogP contribution in [0.15, 0.2) is 54.6 Å². The van der Waals surface area contributed by atoms with Gasteiger partial charge < -0.3 is 9.80 Å². The van der Waals surface area contributed by atoms with Gasteiger partial charge in [-0.2, -0.15) is 0 Å². The maximum absolute atomic E-state index is 12.9. The van der Waals surface area contributed by atoms with Crippen LogP contribution in [0.25, 0.3) is 11.4 Å². The molecule has 31 heavy (non-hydrogen) atoms. The van der Waals surface area contributed by atoms with E-state index >= 15 is 0 Å². The molecule has 8 nitrogen and oxygen atoms in total. The summed E-state index contributed by atoms with van der Waals surface area (Å²) in [6, 6.07) is 16.5. The molecule has 1 aromatic heterocycles. The van der Waals surface area contributed by atoms with Crippen LogP contribution in [0.5, 0.6) is 0 Å². The van der Waals surface area contributed by atoms with Gasteiger partial charge in [-0.15, -0.1) is 10.2 Å². The van der Waals surface area contributed by atoms with Crippen LogP contribution in [0.3, 0.4) is 0 Å². The van der Waals surface area contributed by atoms with E-state index in [1.54, 1.807) is 13.1 Å². The average molecular weight is 437 g/mol. The van der Waals surface area contributed by atoms with Gasteiger partial charge in [-0.1, -0.05) is 54.1 Å². The van der Waals surface area contributed by atoms with Gasteiger partial charge in [0.2, 0.25) is 5.95 Å². The van der Waals surface area contributed by atoms with Crippen molar-refractivity contribution in [2.24, 2.45) is 0 Å². The first-order valence-electron chi connectivity index (χ1n) is 10.1. The van der Waals surface area contributed by atoms with E-state index < -0.39 is 18.2 Å². The minimum atomic E-state index is -0.579. The van der Waals surface area contributed by atoms with Crippen LogP contribution < -0.4 is 10.2 Å². The summed E-state index contributed by atoms with van der Waals surface area (Å²) in [7, 11) is 1.67. The lowest BCUT2D eigenvalue weighted by Crippen LogP contribution is -2.61. The van der Waals surface area contributed by atoms with Crippen LogP contribution >= 0.6 is 11.6 Å². The van der Waals surface area contributed by atoms with Crippen LogP contribution in [0.1, 0.15) is 18.2 Å². The van der Waals surface area contributed by atoms with Crippen LogP contribution in [0.4, 0.5) is 10.7 Å². The van der Waals surface area contributed by atoms with E-state index in [2.05, 4.69) is 27.6 Å². The van der Waals surface area contributed by atoms with Crippen molar-refractivity contribution in [3.8, 4) is 11.4 Å². The smallest absolute Gasteiger partial charge is 0.325 e. The van der Waals surface area contributed by atoms with E-state index in [9.17, 15) is 9.59 Å². The van der Waals surface area contributed by atoms with Crippen LogP contribution in [-0.4, -0.2) is 51.2 Å². The van der Waals surface area contributed by atoms with Crippen molar-refractivity contribution in [3.05, 3.63) is 65.2 Å². The molecule has 0 saturated carbocycles. The molecule has 3 aromatic rings. The fourth-order valence-electron chi connectivity index (χ4n) is 4.36. The summed E-state index contributed by atoms with van der Waals surface area (Å²) in [4.78, 5) is 28.7. The number of amides is 3. The summed E-state index contributed by atoms with van der Waals surface area (Å²) in [5.74, 6) is 0.772. The van der Waals surface area contributed by atoms with Gasteiger partial charge in [-0.3, -0.25) is 14.7 Å². The second-order valence-electron chi connectivity index (χ2n) is 7.72. The minimum absolute atomic E-state index is 0.330. The van der Waals surface area contributed by atoms with Crippen molar-refractivity contribution in [1.82, 2.24) is 25.0 Å². The highest BCUT2D eigenvalue weighted by Crippen LogP contribution is 2.41. The second kappa shape index (κ2) is 7.70. The Hall–Kier alpha value is -3.39. The molecule has 0 aliphatic carbocycles. The Labute approximate surface area is 184 Å². The quantitative estimate of drug-likeness (QED) is 0.664. The number of halogens is 1. The first-order valence-corrected chi connectivity index (χ1v) is 10.5. The summed E-state index contributed by atoms with van der Waals surface area (Å²) in [5.41, 5.74) is 1.94. The predicted octanol–water partition coefficient (Wildman–Crippen LogP) is 3.10. The molecule has 2 aromatic carbocycles. The number of urea groups is 1. The number of nitrogens with one attached hydrogen (secondary N) is 1. The van der Waals surface area contributed by atoms with Gasteiger partial charge in [-0.05, 0) is 30.5 Å². The van der Waals surface area contributed by atoms with Gasteiger partial charge >= 0.3 is 6.03 Å². The Morgan fingerprint density at radius 2 is 1.77 bits per heavy atom. The molecule has 0 radical (unpaired) electrons. The summed E-state index contributed by atoms with van der Waals surface area (Å²) in [6.07, 6.45) is 1.15. The summed E-state index contributed by atoms with van der Waals surface area (Å²) in [5, 5.41) is 11.8. The minimum Gasteiger partial charge on any atom is -0.325 e. The highest BCUT2D eigenvalue weighted by molar-refractivity contribution is 6.33. The van der Waals surface area contributed by atoms with Crippen LogP contribution in [0, 0.1) is 0 Å². The van der Waals surface area contributed by atoms with Crippen LogP contribution in [0.2, 0.25) is 5.02 Å². The zero-order chi connectivity index (χ0) is 21.5. The molecule has 3 heterocycles. The molecule has 1 fully saturated rings. The average Bonchev–Trinajstić information content (AvgIpc) is 3.32. The third-order valence-corrected chi connectivity index (χ3v) is 6.18. The van der Waals surface area contributed by atoms with Gasteiger partial charge in [0.05, 0.1) is 5.02 Å². The number of anilines is 1. The summed E-state index contributed by atoms with van der Waals surface area (Å²) in [6.45, 7) is 0.603.